The fourth-order valence-corrected chi connectivity index (χ4v) is 10.2. The van der Waals surface area contributed by atoms with Crippen molar-refractivity contribution in [1.29, 1.82) is 0 Å². The molecular formula is C26H46N2O2Si. The van der Waals surface area contributed by atoms with Crippen LogP contribution >= 0.6 is 0 Å². The van der Waals surface area contributed by atoms with E-state index >= 15 is 0 Å². The largest absolute Gasteiger partial charge is 0.444 e. The number of rotatable bonds is 11. The number of hydrogen-bond donors (Lipinski definition) is 0. The van der Waals surface area contributed by atoms with Gasteiger partial charge in [0.05, 0.1) is 0 Å². The summed E-state index contributed by atoms with van der Waals surface area (Å²) in [6.07, 6.45) is 8.54. The molecule has 2 heterocycles. The molecule has 0 aromatic carbocycles. The fourth-order valence-electron chi connectivity index (χ4n) is 4.77. The molecule has 1 aromatic rings. The summed E-state index contributed by atoms with van der Waals surface area (Å²) in [5.41, 5.74) is 0.737. The predicted molar refractivity (Wildman–Crippen MR) is 134 cm³/mol. The molecule has 31 heavy (non-hydrogen) atoms. The lowest BCUT2D eigenvalue weighted by atomic mass is 10.0. The van der Waals surface area contributed by atoms with Crippen molar-refractivity contribution in [3.63, 3.8) is 0 Å². The molecule has 5 heteroatoms. The number of carbonyl (C=O) groups is 1. The first-order valence-corrected chi connectivity index (χ1v) is 15.3. The molecule has 0 N–H and O–H groups in total. The Hall–Kier alpha value is -1.36. The average Bonchev–Trinajstić information content (AvgIpc) is 3.23. The van der Waals surface area contributed by atoms with Crippen LogP contribution in [0, 0.1) is 0 Å². The Morgan fingerprint density at radius 3 is 2.16 bits per heavy atom. The first-order chi connectivity index (χ1) is 14.7. The lowest BCUT2D eigenvalue weighted by Crippen LogP contribution is -2.49. The zero-order chi connectivity index (χ0) is 22.9. The van der Waals surface area contributed by atoms with Crippen LogP contribution in [-0.2, 0) is 4.74 Å². The number of likely N-dealkylation sites (tertiary alicyclic amines) is 1. The molecule has 1 aliphatic heterocycles. The van der Waals surface area contributed by atoms with Crippen LogP contribution < -0.4 is 5.32 Å². The maximum absolute atomic E-state index is 12.5. The summed E-state index contributed by atoms with van der Waals surface area (Å²) < 4.78 is 5.59. The number of hydrogen-bond acceptors (Lipinski definition) is 3. The van der Waals surface area contributed by atoms with Crippen LogP contribution in [-0.4, -0.2) is 42.7 Å². The van der Waals surface area contributed by atoms with Crippen molar-refractivity contribution in [1.82, 2.24) is 9.88 Å². The Labute approximate surface area is 192 Å². The lowest BCUT2D eigenvalue weighted by Gasteiger charge is -2.32. The van der Waals surface area contributed by atoms with Crippen LogP contribution in [0.4, 0.5) is 4.79 Å². The van der Waals surface area contributed by atoms with Crippen molar-refractivity contribution in [2.45, 2.75) is 116 Å². The van der Waals surface area contributed by atoms with Crippen LogP contribution in [0.5, 0.6) is 0 Å². The molecule has 0 spiro atoms. The molecule has 1 saturated heterocycles. The van der Waals surface area contributed by atoms with Gasteiger partial charge in [0, 0.05) is 30.0 Å². The van der Waals surface area contributed by atoms with Crippen molar-refractivity contribution >= 4 is 19.5 Å². The second kappa shape index (κ2) is 12.0. The third kappa shape index (κ3) is 7.62. The minimum atomic E-state index is -1.60. The molecule has 0 bridgehead atoms. The number of nitrogens with zero attached hydrogens (tertiary/aromatic N) is 2. The van der Waals surface area contributed by atoms with Gasteiger partial charge < -0.3 is 9.64 Å². The van der Waals surface area contributed by atoms with E-state index in [2.05, 4.69) is 39.0 Å². The summed E-state index contributed by atoms with van der Waals surface area (Å²) in [7, 11) is -1.60. The van der Waals surface area contributed by atoms with E-state index in [1.54, 1.807) is 0 Å². The molecule has 1 amide bonds. The van der Waals surface area contributed by atoms with Crippen molar-refractivity contribution in [2.24, 2.45) is 0 Å². The molecule has 1 aromatic heterocycles. The minimum Gasteiger partial charge on any atom is -0.444 e. The summed E-state index contributed by atoms with van der Waals surface area (Å²) in [5, 5.41) is 1.43. The fraction of sp³-hybridized carbons (Fsp3) is 0.769. The highest BCUT2D eigenvalue weighted by Gasteiger charge is 2.36. The first-order valence-electron chi connectivity index (χ1n) is 12.7. The molecule has 0 radical (unpaired) electrons. The van der Waals surface area contributed by atoms with E-state index in [1.165, 1.54) is 67.7 Å². The Bertz CT molecular complexity index is 664. The Balaban J connectivity index is 2.23. The SMILES string of the molecule is CCCC[Si](CCCC)(CCCC)c1cccc(C2CCN(C(=O)OC(C)(C)C)C2)n1. The number of ether oxygens (including phenoxy) is 1. The van der Waals surface area contributed by atoms with Gasteiger partial charge in [0.25, 0.3) is 0 Å². The number of carbonyl (C=O) groups excluding carboxylic acids is 1. The normalized spacial score (nSPS) is 17.2. The molecule has 176 valence electrons. The summed E-state index contributed by atoms with van der Waals surface area (Å²) in [6.45, 7) is 14.2. The van der Waals surface area contributed by atoms with Gasteiger partial charge in [0.15, 0.2) is 0 Å². The molecule has 1 aliphatic rings. The number of amides is 1. The quantitative estimate of drug-likeness (QED) is 0.349. The second-order valence-corrected chi connectivity index (χ2v) is 15.0. The van der Waals surface area contributed by atoms with Crippen molar-refractivity contribution < 1.29 is 9.53 Å². The standard InChI is InChI=1S/C26H46N2O2Si/c1-7-10-18-31(19-11-8-2,20-12-9-3)24-15-13-14-23(27-24)22-16-17-28(21-22)25(29)30-26(4,5)6/h13-15,22H,7-12,16-21H2,1-6H3. The molecule has 2 rings (SSSR count). The maximum Gasteiger partial charge on any atom is 0.410 e. The highest BCUT2D eigenvalue weighted by Crippen LogP contribution is 2.30. The zero-order valence-electron chi connectivity index (χ0n) is 21.0. The molecule has 4 nitrogen and oxygen atoms in total. The van der Waals surface area contributed by atoms with Gasteiger partial charge in [-0.3, -0.25) is 4.98 Å². The molecule has 1 fully saturated rings. The average molecular weight is 447 g/mol. The van der Waals surface area contributed by atoms with Gasteiger partial charge in [-0.25, -0.2) is 4.79 Å². The van der Waals surface area contributed by atoms with Crippen LogP contribution in [0.2, 0.25) is 18.1 Å². The van der Waals surface area contributed by atoms with Crippen molar-refractivity contribution in [2.75, 3.05) is 13.1 Å². The zero-order valence-corrected chi connectivity index (χ0v) is 22.0. The molecule has 0 saturated carbocycles. The highest BCUT2D eigenvalue weighted by atomic mass is 28.3. The van der Waals surface area contributed by atoms with Gasteiger partial charge in [-0.2, -0.15) is 0 Å². The summed E-state index contributed by atoms with van der Waals surface area (Å²) in [6, 6.07) is 10.9. The highest BCUT2D eigenvalue weighted by molar-refractivity contribution is 6.91. The third-order valence-corrected chi connectivity index (χ3v) is 11.9. The van der Waals surface area contributed by atoms with Gasteiger partial charge >= 0.3 is 6.09 Å². The van der Waals surface area contributed by atoms with E-state index < -0.39 is 13.7 Å². The number of aromatic nitrogens is 1. The van der Waals surface area contributed by atoms with Gasteiger partial charge in [-0.05, 0) is 39.3 Å². The topological polar surface area (TPSA) is 42.4 Å². The lowest BCUT2D eigenvalue weighted by molar-refractivity contribution is 0.0292. The van der Waals surface area contributed by atoms with Gasteiger partial charge in [0.2, 0.25) is 0 Å². The van der Waals surface area contributed by atoms with E-state index in [1.807, 2.05) is 25.7 Å². The van der Waals surface area contributed by atoms with Crippen molar-refractivity contribution in [3.8, 4) is 0 Å². The van der Waals surface area contributed by atoms with Gasteiger partial charge in [-0.1, -0.05) is 83.5 Å². The first kappa shape index (κ1) is 25.9. The van der Waals surface area contributed by atoms with Crippen LogP contribution in [0.15, 0.2) is 18.2 Å². The van der Waals surface area contributed by atoms with Crippen LogP contribution in [0.1, 0.15) is 98.1 Å². The Kier molecular flexibility index (Phi) is 10.1. The molecule has 1 unspecified atom stereocenters. The van der Waals surface area contributed by atoms with Gasteiger partial charge in [-0.15, -0.1) is 0 Å². The summed E-state index contributed by atoms with van der Waals surface area (Å²) >= 11 is 0. The van der Waals surface area contributed by atoms with Gasteiger partial charge in [0.1, 0.15) is 13.7 Å². The Morgan fingerprint density at radius 2 is 1.65 bits per heavy atom. The number of pyridine rings is 1. The summed E-state index contributed by atoms with van der Waals surface area (Å²) in [5.74, 6) is 0.322. The van der Waals surface area contributed by atoms with E-state index in [0.717, 1.165) is 19.5 Å². The van der Waals surface area contributed by atoms with Crippen LogP contribution in [0.3, 0.4) is 0 Å². The van der Waals surface area contributed by atoms with E-state index in [4.69, 9.17) is 9.72 Å². The maximum atomic E-state index is 12.5. The molecule has 1 atom stereocenters. The summed E-state index contributed by atoms with van der Waals surface area (Å²) in [4.78, 5) is 19.7. The van der Waals surface area contributed by atoms with E-state index in [-0.39, 0.29) is 6.09 Å². The second-order valence-electron chi connectivity index (χ2n) is 10.5. The minimum absolute atomic E-state index is 0.191. The van der Waals surface area contributed by atoms with Crippen LogP contribution in [0.25, 0.3) is 0 Å². The third-order valence-electron chi connectivity index (χ3n) is 6.60. The predicted octanol–water partition coefficient (Wildman–Crippen LogP) is 6.86. The van der Waals surface area contributed by atoms with E-state index in [9.17, 15) is 4.79 Å². The van der Waals surface area contributed by atoms with Crippen molar-refractivity contribution in [3.05, 3.63) is 23.9 Å². The molecule has 0 aliphatic carbocycles. The number of unbranched alkanes of at least 4 members (excludes halogenated alkanes) is 3. The Morgan fingerprint density at radius 1 is 1.06 bits per heavy atom. The molecular weight excluding hydrogens is 400 g/mol. The monoisotopic (exact) mass is 446 g/mol. The van der Waals surface area contributed by atoms with E-state index in [0.29, 0.717) is 5.92 Å². The smallest absolute Gasteiger partial charge is 0.410 e.